The fraction of sp³-hybridized carbons (Fsp3) is 0.133. The number of hydrogen-bond donors (Lipinski definition) is 2. The van der Waals surface area contributed by atoms with E-state index in [0.717, 1.165) is 0 Å². The Bertz CT molecular complexity index is 656. The number of methoxy groups -OCH3 is 1. The van der Waals surface area contributed by atoms with Gasteiger partial charge in [-0.2, -0.15) is 0 Å². The molecule has 0 saturated heterocycles. The van der Waals surface area contributed by atoms with Gasteiger partial charge in [-0.3, -0.25) is 4.79 Å². The van der Waals surface area contributed by atoms with Crippen LogP contribution in [0.5, 0.6) is 5.75 Å². The van der Waals surface area contributed by atoms with Crippen molar-refractivity contribution in [3.05, 3.63) is 53.3 Å². The number of ether oxygens (including phenoxy) is 1. The van der Waals surface area contributed by atoms with E-state index >= 15 is 0 Å². The Morgan fingerprint density at radius 1 is 1.30 bits per heavy atom. The van der Waals surface area contributed by atoms with E-state index in [1.54, 1.807) is 24.3 Å². The van der Waals surface area contributed by atoms with Gasteiger partial charge in [0.05, 0.1) is 12.7 Å². The van der Waals surface area contributed by atoms with Crippen LogP contribution < -0.4 is 16.2 Å². The lowest BCUT2D eigenvalue weighted by molar-refractivity contribution is 0.0997. The summed E-state index contributed by atoms with van der Waals surface area (Å²) in [7, 11) is 1.44. The van der Waals surface area contributed by atoms with Crippen molar-refractivity contribution in [2.45, 2.75) is 6.54 Å². The lowest BCUT2D eigenvalue weighted by Crippen LogP contribution is -2.12. The molecule has 0 heterocycles. The number of amides is 1. The summed E-state index contributed by atoms with van der Waals surface area (Å²) in [5, 5.41) is 0. The van der Waals surface area contributed by atoms with E-state index < -0.39 is 11.7 Å². The molecule has 2 aromatic rings. The predicted octanol–water partition coefficient (Wildman–Crippen LogP) is 2.06. The van der Waals surface area contributed by atoms with Gasteiger partial charge in [-0.25, -0.2) is 4.39 Å². The molecule has 0 saturated carbocycles. The summed E-state index contributed by atoms with van der Waals surface area (Å²) in [6.07, 6.45) is 0. The van der Waals surface area contributed by atoms with Crippen LogP contribution in [0.2, 0.25) is 0 Å². The summed E-state index contributed by atoms with van der Waals surface area (Å²) in [6.45, 7) is 0.225. The molecule has 0 bridgehead atoms. The van der Waals surface area contributed by atoms with Crippen molar-refractivity contribution in [3.63, 3.8) is 0 Å². The van der Waals surface area contributed by atoms with E-state index in [1.807, 2.05) is 0 Å². The fourth-order valence-corrected chi connectivity index (χ4v) is 2.10. The maximum absolute atomic E-state index is 13.6. The van der Waals surface area contributed by atoms with Gasteiger partial charge in [-0.15, -0.1) is 0 Å². The van der Waals surface area contributed by atoms with Gasteiger partial charge in [0.25, 0.3) is 5.91 Å². The molecular formula is C15H15FN2O2. The number of primary amides is 1. The molecule has 0 aliphatic rings. The number of hydrogen-bond acceptors (Lipinski definition) is 3. The first-order valence-electron chi connectivity index (χ1n) is 6.03. The minimum atomic E-state index is -0.598. The van der Waals surface area contributed by atoms with Crippen molar-refractivity contribution in [3.8, 4) is 16.9 Å². The van der Waals surface area contributed by atoms with Crippen LogP contribution >= 0.6 is 0 Å². The Morgan fingerprint density at radius 3 is 2.65 bits per heavy atom. The smallest absolute Gasteiger partial charge is 0.252 e. The van der Waals surface area contributed by atoms with Gasteiger partial charge in [-0.05, 0) is 35.4 Å². The molecule has 0 aromatic heterocycles. The van der Waals surface area contributed by atoms with E-state index in [2.05, 4.69) is 0 Å². The van der Waals surface area contributed by atoms with E-state index in [9.17, 15) is 9.18 Å². The third-order valence-corrected chi connectivity index (χ3v) is 2.99. The van der Waals surface area contributed by atoms with Crippen molar-refractivity contribution in [2.75, 3.05) is 7.11 Å². The highest BCUT2D eigenvalue weighted by molar-refractivity contribution is 5.98. The molecule has 0 radical (unpaired) electrons. The monoisotopic (exact) mass is 274 g/mol. The van der Waals surface area contributed by atoms with Crippen LogP contribution in [0.25, 0.3) is 11.1 Å². The molecule has 0 atom stereocenters. The summed E-state index contributed by atoms with van der Waals surface area (Å²) in [5.74, 6) is -0.665. The first-order chi connectivity index (χ1) is 9.56. The molecule has 0 aliphatic heterocycles. The normalized spacial score (nSPS) is 10.3. The van der Waals surface area contributed by atoms with Gasteiger partial charge in [-0.1, -0.05) is 12.1 Å². The summed E-state index contributed by atoms with van der Waals surface area (Å²) in [6, 6.07) is 9.46. The Balaban J connectivity index is 2.66. The van der Waals surface area contributed by atoms with Crippen LogP contribution in [-0.2, 0) is 6.54 Å². The Kier molecular flexibility index (Phi) is 4.00. The fourth-order valence-electron chi connectivity index (χ4n) is 2.10. The van der Waals surface area contributed by atoms with Crippen LogP contribution in [0.1, 0.15) is 15.9 Å². The lowest BCUT2D eigenvalue weighted by Gasteiger charge is -2.13. The standard InChI is InChI=1S/C15H15FN2O2/c1-20-14-12(3-2-4-13(14)15(18)19)10-5-9(8-17)6-11(16)7-10/h2-7H,8,17H2,1H3,(H2,18,19). The summed E-state index contributed by atoms with van der Waals surface area (Å²) in [4.78, 5) is 11.4. The zero-order valence-electron chi connectivity index (χ0n) is 11.0. The lowest BCUT2D eigenvalue weighted by atomic mass is 9.99. The molecule has 0 fully saturated rings. The average molecular weight is 274 g/mol. The van der Waals surface area contributed by atoms with Gasteiger partial charge in [0, 0.05) is 12.1 Å². The zero-order chi connectivity index (χ0) is 14.7. The molecule has 4 N–H and O–H groups in total. The number of halogens is 1. The topological polar surface area (TPSA) is 78.3 Å². The predicted molar refractivity (Wildman–Crippen MR) is 74.8 cm³/mol. The van der Waals surface area contributed by atoms with Gasteiger partial charge >= 0.3 is 0 Å². The minimum Gasteiger partial charge on any atom is -0.495 e. The molecule has 0 spiro atoms. The second-order valence-electron chi connectivity index (χ2n) is 4.30. The Labute approximate surface area is 116 Å². The molecule has 20 heavy (non-hydrogen) atoms. The van der Waals surface area contributed by atoms with Crippen LogP contribution in [0, 0.1) is 5.82 Å². The highest BCUT2D eigenvalue weighted by Gasteiger charge is 2.15. The van der Waals surface area contributed by atoms with Crippen molar-refractivity contribution in [1.29, 1.82) is 0 Å². The van der Waals surface area contributed by atoms with E-state index in [4.69, 9.17) is 16.2 Å². The van der Waals surface area contributed by atoms with Crippen molar-refractivity contribution in [2.24, 2.45) is 11.5 Å². The molecule has 5 heteroatoms. The van der Waals surface area contributed by atoms with Crippen molar-refractivity contribution in [1.82, 2.24) is 0 Å². The van der Waals surface area contributed by atoms with E-state index in [0.29, 0.717) is 22.4 Å². The number of carbonyl (C=O) groups excluding carboxylic acids is 1. The number of rotatable bonds is 4. The van der Waals surface area contributed by atoms with E-state index in [-0.39, 0.29) is 12.1 Å². The van der Waals surface area contributed by atoms with Gasteiger partial charge in [0.15, 0.2) is 0 Å². The Hall–Kier alpha value is -2.40. The van der Waals surface area contributed by atoms with E-state index in [1.165, 1.54) is 19.2 Å². The second-order valence-corrected chi connectivity index (χ2v) is 4.30. The maximum atomic E-state index is 13.6. The minimum absolute atomic E-state index is 0.225. The average Bonchev–Trinajstić information content (AvgIpc) is 2.45. The number of carbonyl (C=O) groups is 1. The first-order valence-corrected chi connectivity index (χ1v) is 6.03. The summed E-state index contributed by atoms with van der Waals surface area (Å²) < 4.78 is 18.9. The first kappa shape index (κ1) is 14.0. The molecule has 2 aromatic carbocycles. The highest BCUT2D eigenvalue weighted by atomic mass is 19.1. The summed E-state index contributed by atoms with van der Waals surface area (Å²) in [5.41, 5.74) is 12.9. The van der Waals surface area contributed by atoms with Crippen molar-refractivity contribution < 1.29 is 13.9 Å². The molecule has 0 unspecified atom stereocenters. The third kappa shape index (κ3) is 2.62. The molecule has 0 aliphatic carbocycles. The molecule has 2 rings (SSSR count). The molecule has 104 valence electrons. The van der Waals surface area contributed by atoms with Gasteiger partial charge < -0.3 is 16.2 Å². The highest BCUT2D eigenvalue weighted by Crippen LogP contribution is 2.33. The molecular weight excluding hydrogens is 259 g/mol. The van der Waals surface area contributed by atoms with Crippen LogP contribution in [0.4, 0.5) is 4.39 Å². The Morgan fingerprint density at radius 2 is 2.05 bits per heavy atom. The van der Waals surface area contributed by atoms with Gasteiger partial charge in [0.2, 0.25) is 0 Å². The quantitative estimate of drug-likeness (QED) is 0.895. The number of benzene rings is 2. The number of para-hydroxylation sites is 1. The number of nitrogens with two attached hydrogens (primary N) is 2. The molecule has 4 nitrogen and oxygen atoms in total. The molecule has 1 amide bonds. The third-order valence-electron chi connectivity index (χ3n) is 2.99. The maximum Gasteiger partial charge on any atom is 0.252 e. The largest absolute Gasteiger partial charge is 0.495 e. The SMILES string of the molecule is COc1c(C(N)=O)cccc1-c1cc(F)cc(CN)c1. The second kappa shape index (κ2) is 5.71. The van der Waals surface area contributed by atoms with Crippen LogP contribution in [0.3, 0.4) is 0 Å². The summed E-state index contributed by atoms with van der Waals surface area (Å²) >= 11 is 0. The van der Waals surface area contributed by atoms with Crippen molar-refractivity contribution >= 4 is 5.91 Å². The van der Waals surface area contributed by atoms with Crippen LogP contribution in [0.15, 0.2) is 36.4 Å². The van der Waals surface area contributed by atoms with Crippen LogP contribution in [-0.4, -0.2) is 13.0 Å². The zero-order valence-corrected chi connectivity index (χ0v) is 11.0. The van der Waals surface area contributed by atoms with Gasteiger partial charge in [0.1, 0.15) is 11.6 Å².